The number of hydrogen-bond donors (Lipinski definition) is 2. The van der Waals surface area contributed by atoms with E-state index in [0.717, 1.165) is 5.39 Å². The van der Waals surface area contributed by atoms with Crippen molar-refractivity contribution in [1.82, 2.24) is 29.6 Å². The number of nitrogens with zero attached hydrogens (tertiary/aromatic N) is 7. The van der Waals surface area contributed by atoms with Gasteiger partial charge in [-0.05, 0) is 18.9 Å². The SMILES string of the molecule is N#CCC1(n2cc(-c3ncnc4[nH]ccc34)c(N)n2)CN(C(=O)C2(C#N)CC2)C1. The maximum absolute atomic E-state index is 12.6. The van der Waals surface area contributed by atoms with Gasteiger partial charge in [0.25, 0.3) is 0 Å². The Morgan fingerprint density at radius 2 is 2.10 bits per heavy atom. The molecule has 1 saturated carbocycles. The van der Waals surface area contributed by atoms with Crippen LogP contribution in [0.4, 0.5) is 5.82 Å². The predicted molar refractivity (Wildman–Crippen MR) is 102 cm³/mol. The van der Waals surface area contributed by atoms with Gasteiger partial charge in [0.05, 0.1) is 29.8 Å². The molecule has 2 aliphatic rings. The van der Waals surface area contributed by atoms with Crippen LogP contribution in [0.1, 0.15) is 19.3 Å². The third-order valence-corrected chi connectivity index (χ3v) is 5.88. The lowest BCUT2D eigenvalue weighted by Crippen LogP contribution is -2.65. The van der Waals surface area contributed by atoms with Crippen molar-refractivity contribution < 1.29 is 4.79 Å². The van der Waals surface area contributed by atoms with Crippen LogP contribution in [0.2, 0.25) is 0 Å². The largest absolute Gasteiger partial charge is 0.382 e. The number of amides is 1. The Morgan fingerprint density at radius 1 is 1.31 bits per heavy atom. The highest BCUT2D eigenvalue weighted by Crippen LogP contribution is 2.49. The molecule has 4 heterocycles. The van der Waals surface area contributed by atoms with E-state index in [4.69, 9.17) is 5.73 Å². The zero-order valence-electron chi connectivity index (χ0n) is 15.5. The summed E-state index contributed by atoms with van der Waals surface area (Å²) in [5, 5.41) is 23.9. The number of nitrogens with one attached hydrogen (secondary N) is 1. The fourth-order valence-corrected chi connectivity index (χ4v) is 3.99. The number of aromatic amines is 1. The molecule has 144 valence electrons. The molecule has 1 aliphatic heterocycles. The fraction of sp³-hybridized carbons (Fsp3) is 0.368. The number of nitrogen functional groups attached to an aromatic ring is 1. The molecule has 3 N–H and O–H groups in total. The van der Waals surface area contributed by atoms with Gasteiger partial charge in [0.15, 0.2) is 5.82 Å². The van der Waals surface area contributed by atoms with Crippen LogP contribution >= 0.6 is 0 Å². The minimum atomic E-state index is -0.867. The van der Waals surface area contributed by atoms with Crippen LogP contribution in [0.25, 0.3) is 22.3 Å². The van der Waals surface area contributed by atoms with Gasteiger partial charge in [0.2, 0.25) is 5.91 Å². The van der Waals surface area contributed by atoms with Gasteiger partial charge in [-0.15, -0.1) is 0 Å². The molecule has 0 aromatic carbocycles. The topological polar surface area (TPSA) is 153 Å². The van der Waals surface area contributed by atoms with Gasteiger partial charge >= 0.3 is 0 Å². The van der Waals surface area contributed by atoms with Gasteiger partial charge in [-0.3, -0.25) is 9.48 Å². The average molecular weight is 387 g/mol. The van der Waals surface area contributed by atoms with E-state index >= 15 is 0 Å². The highest BCUT2D eigenvalue weighted by atomic mass is 16.2. The lowest BCUT2D eigenvalue weighted by Gasteiger charge is -2.49. The van der Waals surface area contributed by atoms with Gasteiger partial charge in [-0.25, -0.2) is 9.97 Å². The number of nitrogens with two attached hydrogens (primary N) is 1. The van der Waals surface area contributed by atoms with Crippen molar-refractivity contribution in [1.29, 1.82) is 10.5 Å². The van der Waals surface area contributed by atoms with E-state index in [1.165, 1.54) is 6.33 Å². The van der Waals surface area contributed by atoms with Crippen molar-refractivity contribution in [3.8, 4) is 23.4 Å². The molecule has 1 aliphatic carbocycles. The highest BCUT2D eigenvalue weighted by Gasteiger charge is 2.58. The Labute approximate surface area is 165 Å². The van der Waals surface area contributed by atoms with Crippen LogP contribution in [-0.4, -0.2) is 48.6 Å². The number of fused-ring (bicyclic) bond motifs is 1. The molecule has 0 radical (unpaired) electrons. The number of anilines is 1. The smallest absolute Gasteiger partial charge is 0.243 e. The quantitative estimate of drug-likeness (QED) is 0.681. The maximum Gasteiger partial charge on any atom is 0.243 e. The number of hydrogen-bond acceptors (Lipinski definition) is 7. The number of aromatic nitrogens is 5. The summed E-state index contributed by atoms with van der Waals surface area (Å²) in [6.07, 6.45) is 6.39. The number of carbonyl (C=O) groups excluding carboxylic acids is 1. The molecule has 1 amide bonds. The molecule has 5 rings (SSSR count). The Hall–Kier alpha value is -3.92. The third kappa shape index (κ3) is 2.39. The summed E-state index contributed by atoms with van der Waals surface area (Å²) in [4.78, 5) is 25.8. The number of H-pyrrole nitrogens is 1. The first-order valence-electron chi connectivity index (χ1n) is 9.24. The van der Waals surface area contributed by atoms with Gasteiger partial charge in [-0.2, -0.15) is 15.6 Å². The van der Waals surface area contributed by atoms with Crippen molar-refractivity contribution in [3.05, 3.63) is 24.8 Å². The van der Waals surface area contributed by atoms with Crippen LogP contribution in [0.5, 0.6) is 0 Å². The molecule has 10 heteroatoms. The first kappa shape index (κ1) is 17.2. The standard InChI is InChI=1S/C19H17N9O/c20-5-4-19(9-27(10-19)17(29)18(8-21)2-3-18)28-7-13(15(22)26-28)14-12-1-6-23-16(12)25-11-24-14/h1,6-7,11H,2-4,9-10H2,(H2,22,26)(H,23,24,25). The van der Waals surface area contributed by atoms with E-state index in [1.54, 1.807) is 22.0 Å². The Bertz CT molecular complexity index is 1210. The minimum absolute atomic E-state index is 0.154. The molecule has 2 fully saturated rings. The molecule has 0 unspecified atom stereocenters. The summed E-state index contributed by atoms with van der Waals surface area (Å²) >= 11 is 0. The molecule has 1 saturated heterocycles. The number of carbonyl (C=O) groups is 1. The predicted octanol–water partition coefficient (Wildman–Crippen LogP) is 1.16. The van der Waals surface area contributed by atoms with E-state index in [0.29, 0.717) is 48.7 Å². The van der Waals surface area contributed by atoms with E-state index in [9.17, 15) is 15.3 Å². The first-order chi connectivity index (χ1) is 14.0. The lowest BCUT2D eigenvalue weighted by molar-refractivity contribution is -0.146. The summed E-state index contributed by atoms with van der Waals surface area (Å²) in [6, 6.07) is 6.20. The van der Waals surface area contributed by atoms with Gasteiger partial charge < -0.3 is 15.6 Å². The third-order valence-electron chi connectivity index (χ3n) is 5.88. The van der Waals surface area contributed by atoms with Crippen molar-refractivity contribution in [2.45, 2.75) is 24.8 Å². The molecular formula is C19H17N9O. The first-order valence-corrected chi connectivity index (χ1v) is 9.24. The Morgan fingerprint density at radius 3 is 2.79 bits per heavy atom. The van der Waals surface area contributed by atoms with Crippen molar-refractivity contribution in [2.24, 2.45) is 5.41 Å². The van der Waals surface area contributed by atoms with Crippen molar-refractivity contribution in [2.75, 3.05) is 18.8 Å². The Kier molecular flexibility index (Phi) is 3.43. The van der Waals surface area contributed by atoms with Crippen LogP contribution < -0.4 is 5.73 Å². The molecular weight excluding hydrogens is 370 g/mol. The van der Waals surface area contributed by atoms with Crippen LogP contribution in [-0.2, 0) is 10.3 Å². The fourth-order valence-electron chi connectivity index (χ4n) is 3.99. The lowest BCUT2D eigenvalue weighted by atomic mass is 9.85. The zero-order valence-corrected chi connectivity index (χ0v) is 15.5. The summed E-state index contributed by atoms with van der Waals surface area (Å²) in [6.45, 7) is 0.652. The van der Waals surface area contributed by atoms with Gasteiger partial charge in [0, 0.05) is 30.9 Å². The van der Waals surface area contributed by atoms with Crippen LogP contribution in [0, 0.1) is 28.1 Å². The highest BCUT2D eigenvalue weighted by molar-refractivity contribution is 5.93. The summed E-state index contributed by atoms with van der Waals surface area (Å²) in [5.74, 6) is 0.141. The molecule has 3 aromatic rings. The number of rotatable bonds is 4. The number of nitriles is 2. The zero-order chi connectivity index (χ0) is 20.2. The van der Waals surface area contributed by atoms with E-state index in [1.807, 2.05) is 6.07 Å². The maximum atomic E-state index is 12.6. The van der Waals surface area contributed by atoms with Crippen molar-refractivity contribution >= 4 is 22.8 Å². The molecule has 0 bridgehead atoms. The normalized spacial score (nSPS) is 18.6. The summed E-state index contributed by atoms with van der Waals surface area (Å²) in [5.41, 5.74) is 6.66. The summed E-state index contributed by atoms with van der Waals surface area (Å²) < 4.78 is 1.68. The molecule has 10 nitrogen and oxygen atoms in total. The monoisotopic (exact) mass is 387 g/mol. The average Bonchev–Trinajstić information content (AvgIpc) is 3.17. The second-order valence-corrected chi connectivity index (χ2v) is 7.75. The molecule has 0 spiro atoms. The van der Waals surface area contributed by atoms with Crippen LogP contribution in [0.15, 0.2) is 24.8 Å². The number of likely N-dealkylation sites (tertiary alicyclic amines) is 1. The van der Waals surface area contributed by atoms with Gasteiger partial charge in [0.1, 0.15) is 22.9 Å². The second-order valence-electron chi connectivity index (χ2n) is 7.75. The molecule has 3 aromatic heterocycles. The van der Waals surface area contributed by atoms with Crippen LogP contribution in [0.3, 0.4) is 0 Å². The minimum Gasteiger partial charge on any atom is -0.382 e. The van der Waals surface area contributed by atoms with E-state index in [-0.39, 0.29) is 12.3 Å². The Balaban J connectivity index is 1.48. The second kappa shape index (κ2) is 5.79. The van der Waals surface area contributed by atoms with Crippen molar-refractivity contribution in [3.63, 3.8) is 0 Å². The molecule has 29 heavy (non-hydrogen) atoms. The van der Waals surface area contributed by atoms with E-state index in [2.05, 4.69) is 32.2 Å². The van der Waals surface area contributed by atoms with Gasteiger partial charge in [-0.1, -0.05) is 0 Å². The summed E-state index contributed by atoms with van der Waals surface area (Å²) in [7, 11) is 0. The van der Waals surface area contributed by atoms with E-state index < -0.39 is 11.0 Å². The molecule has 0 atom stereocenters.